The third-order valence-electron chi connectivity index (χ3n) is 2.16. The van der Waals surface area contributed by atoms with Gasteiger partial charge in [0.1, 0.15) is 5.69 Å². The molecule has 2 rings (SSSR count). The van der Waals surface area contributed by atoms with Gasteiger partial charge in [-0.3, -0.25) is 10.1 Å². The Bertz CT molecular complexity index is 589. The van der Waals surface area contributed by atoms with Gasteiger partial charge in [0.15, 0.2) is 0 Å². The highest BCUT2D eigenvalue weighted by Gasteiger charge is 2.19. The summed E-state index contributed by atoms with van der Waals surface area (Å²) in [6.07, 6.45) is 1.51. The zero-order valence-electron chi connectivity index (χ0n) is 8.43. The zero-order valence-corrected chi connectivity index (χ0v) is 10.8. The van der Waals surface area contributed by atoms with E-state index in [0.717, 1.165) is 0 Å². The summed E-state index contributed by atoms with van der Waals surface area (Å²) in [6.45, 7) is 0. The second-order valence-corrected chi connectivity index (χ2v) is 4.58. The van der Waals surface area contributed by atoms with Gasteiger partial charge in [0, 0.05) is 22.3 Å². The van der Waals surface area contributed by atoms with Gasteiger partial charge in [0.05, 0.1) is 9.95 Å². The maximum Gasteiger partial charge on any atom is 0.296 e. The average Bonchev–Trinajstić information content (AvgIpc) is 2.30. The predicted molar refractivity (Wildman–Crippen MR) is 69.0 cm³/mol. The van der Waals surface area contributed by atoms with Gasteiger partial charge in [-0.25, -0.2) is 4.98 Å². The van der Waals surface area contributed by atoms with Crippen LogP contribution < -0.4 is 0 Å². The van der Waals surface area contributed by atoms with E-state index in [-0.39, 0.29) is 11.4 Å². The summed E-state index contributed by atoms with van der Waals surface area (Å²) in [5.74, 6) is 0. The first-order chi connectivity index (χ1) is 8.09. The number of hydrogen-bond donors (Lipinski definition) is 0. The molecule has 0 unspecified atom stereocenters. The molecule has 0 N–H and O–H groups in total. The SMILES string of the molecule is O=[N+]([O-])c1cc(Br)cnc1-c1ccccc1Cl. The lowest BCUT2D eigenvalue weighted by molar-refractivity contribution is -0.384. The number of benzene rings is 1. The lowest BCUT2D eigenvalue weighted by Crippen LogP contribution is -1.95. The molecule has 2 aromatic rings. The third-order valence-corrected chi connectivity index (χ3v) is 2.92. The topological polar surface area (TPSA) is 56.0 Å². The van der Waals surface area contributed by atoms with Gasteiger partial charge in [-0.1, -0.05) is 29.8 Å². The van der Waals surface area contributed by atoms with E-state index in [0.29, 0.717) is 15.1 Å². The number of nitro groups is 1. The van der Waals surface area contributed by atoms with Crippen molar-refractivity contribution in [2.75, 3.05) is 0 Å². The van der Waals surface area contributed by atoms with Crippen LogP contribution >= 0.6 is 27.5 Å². The predicted octanol–water partition coefficient (Wildman–Crippen LogP) is 4.07. The first-order valence-corrected chi connectivity index (χ1v) is 5.81. The molecule has 0 amide bonds. The Morgan fingerprint density at radius 3 is 2.71 bits per heavy atom. The van der Waals surface area contributed by atoms with Gasteiger partial charge in [0.25, 0.3) is 5.69 Å². The maximum absolute atomic E-state index is 11.0. The highest BCUT2D eigenvalue weighted by molar-refractivity contribution is 9.10. The minimum atomic E-state index is -0.476. The summed E-state index contributed by atoms with van der Waals surface area (Å²) in [7, 11) is 0. The Hall–Kier alpha value is -1.46. The summed E-state index contributed by atoms with van der Waals surface area (Å²) in [5.41, 5.74) is 0.740. The van der Waals surface area contributed by atoms with E-state index >= 15 is 0 Å². The lowest BCUT2D eigenvalue weighted by Gasteiger charge is -2.04. The van der Waals surface area contributed by atoms with Crippen molar-refractivity contribution in [1.29, 1.82) is 0 Å². The number of hydrogen-bond acceptors (Lipinski definition) is 3. The van der Waals surface area contributed by atoms with Gasteiger partial charge in [-0.15, -0.1) is 0 Å². The molecule has 0 aliphatic rings. The van der Waals surface area contributed by atoms with E-state index in [4.69, 9.17) is 11.6 Å². The molecule has 0 atom stereocenters. The summed E-state index contributed by atoms with van der Waals surface area (Å²) in [4.78, 5) is 14.5. The fourth-order valence-electron chi connectivity index (χ4n) is 1.43. The van der Waals surface area contributed by atoms with Crippen LogP contribution in [0.4, 0.5) is 5.69 Å². The van der Waals surface area contributed by atoms with Crippen LogP contribution in [0.3, 0.4) is 0 Å². The Balaban J connectivity index is 2.68. The second-order valence-electron chi connectivity index (χ2n) is 3.26. The number of pyridine rings is 1. The van der Waals surface area contributed by atoms with E-state index in [9.17, 15) is 10.1 Å². The van der Waals surface area contributed by atoms with Crippen LogP contribution in [0.15, 0.2) is 41.0 Å². The smallest absolute Gasteiger partial charge is 0.258 e. The van der Waals surface area contributed by atoms with Crippen LogP contribution in [0.1, 0.15) is 0 Å². The number of halogens is 2. The standard InChI is InChI=1S/C11H6BrClN2O2/c12-7-5-10(15(16)17)11(14-6-7)8-3-1-2-4-9(8)13/h1-6H. The minimum absolute atomic E-state index is 0.0764. The Morgan fingerprint density at radius 1 is 1.35 bits per heavy atom. The quantitative estimate of drug-likeness (QED) is 0.620. The maximum atomic E-state index is 11.0. The Labute approximate surface area is 111 Å². The molecule has 1 aromatic heterocycles. The fraction of sp³-hybridized carbons (Fsp3) is 0. The largest absolute Gasteiger partial charge is 0.296 e. The van der Waals surface area contributed by atoms with Gasteiger partial charge in [0.2, 0.25) is 0 Å². The molecule has 4 nitrogen and oxygen atoms in total. The van der Waals surface area contributed by atoms with Crippen molar-refractivity contribution in [2.24, 2.45) is 0 Å². The summed E-state index contributed by atoms with van der Waals surface area (Å²) < 4.78 is 0.556. The third kappa shape index (κ3) is 2.45. The molecule has 0 bridgehead atoms. The van der Waals surface area contributed by atoms with Crippen molar-refractivity contribution in [2.45, 2.75) is 0 Å². The van der Waals surface area contributed by atoms with Crippen LogP contribution in [0.25, 0.3) is 11.3 Å². The molecule has 1 heterocycles. The molecular weight excluding hydrogens is 307 g/mol. The van der Waals surface area contributed by atoms with Crippen LogP contribution in [0, 0.1) is 10.1 Å². The Kier molecular flexibility index (Phi) is 3.40. The molecule has 86 valence electrons. The number of aromatic nitrogens is 1. The van der Waals surface area contributed by atoms with Crippen molar-refractivity contribution < 1.29 is 4.92 Å². The molecule has 0 saturated heterocycles. The summed E-state index contributed by atoms with van der Waals surface area (Å²) in [5, 5.41) is 11.4. The van der Waals surface area contributed by atoms with Crippen molar-refractivity contribution in [3.8, 4) is 11.3 Å². The van der Waals surface area contributed by atoms with E-state index in [1.54, 1.807) is 24.3 Å². The summed E-state index contributed by atoms with van der Waals surface area (Å²) in [6, 6.07) is 8.30. The molecule has 1 aromatic carbocycles. The minimum Gasteiger partial charge on any atom is -0.258 e. The normalized spacial score (nSPS) is 10.2. The van der Waals surface area contributed by atoms with E-state index in [1.165, 1.54) is 12.3 Å². The molecule has 0 spiro atoms. The zero-order chi connectivity index (χ0) is 12.4. The highest BCUT2D eigenvalue weighted by atomic mass is 79.9. The average molecular weight is 314 g/mol. The molecule has 17 heavy (non-hydrogen) atoms. The lowest BCUT2D eigenvalue weighted by atomic mass is 10.1. The van der Waals surface area contributed by atoms with Gasteiger partial charge in [-0.2, -0.15) is 0 Å². The number of nitrogens with zero attached hydrogens (tertiary/aromatic N) is 2. The van der Waals surface area contributed by atoms with Crippen molar-refractivity contribution in [1.82, 2.24) is 4.98 Å². The molecule has 0 aliphatic carbocycles. The molecule has 0 radical (unpaired) electrons. The summed E-state index contributed by atoms with van der Waals surface area (Å²) >= 11 is 9.16. The van der Waals surface area contributed by atoms with Crippen molar-refractivity contribution in [3.05, 3.63) is 56.1 Å². The molecule has 6 heteroatoms. The fourth-order valence-corrected chi connectivity index (χ4v) is 1.97. The van der Waals surface area contributed by atoms with Crippen molar-refractivity contribution in [3.63, 3.8) is 0 Å². The van der Waals surface area contributed by atoms with Crippen molar-refractivity contribution >= 4 is 33.2 Å². The monoisotopic (exact) mass is 312 g/mol. The number of rotatable bonds is 2. The highest BCUT2D eigenvalue weighted by Crippen LogP contribution is 2.33. The molecule has 0 saturated carbocycles. The molecule has 0 aliphatic heterocycles. The van der Waals surface area contributed by atoms with Gasteiger partial charge < -0.3 is 0 Å². The second kappa shape index (κ2) is 4.81. The van der Waals surface area contributed by atoms with E-state index < -0.39 is 4.92 Å². The van der Waals surface area contributed by atoms with E-state index in [1.807, 2.05) is 0 Å². The van der Waals surface area contributed by atoms with Gasteiger partial charge in [-0.05, 0) is 22.0 Å². The van der Waals surface area contributed by atoms with Crippen LogP contribution in [-0.4, -0.2) is 9.91 Å². The first kappa shape index (κ1) is 12.0. The van der Waals surface area contributed by atoms with Crippen LogP contribution in [0.5, 0.6) is 0 Å². The molecular formula is C11H6BrClN2O2. The molecule has 0 fully saturated rings. The van der Waals surface area contributed by atoms with Crippen LogP contribution in [0.2, 0.25) is 5.02 Å². The van der Waals surface area contributed by atoms with Crippen LogP contribution in [-0.2, 0) is 0 Å². The first-order valence-electron chi connectivity index (χ1n) is 4.64. The van der Waals surface area contributed by atoms with E-state index in [2.05, 4.69) is 20.9 Å². The van der Waals surface area contributed by atoms with Gasteiger partial charge >= 0.3 is 0 Å². The Morgan fingerprint density at radius 2 is 2.06 bits per heavy atom.